The minimum atomic E-state index is -1.03. The Bertz CT molecular complexity index is 377. The molecule has 0 radical (unpaired) electrons. The van der Waals surface area contributed by atoms with Gasteiger partial charge in [0.1, 0.15) is 0 Å². The predicted molar refractivity (Wildman–Crippen MR) is 77.0 cm³/mol. The summed E-state index contributed by atoms with van der Waals surface area (Å²) in [5, 5.41) is 0. The minimum absolute atomic E-state index is 0.241. The third kappa shape index (κ3) is 5.42. The van der Waals surface area contributed by atoms with E-state index in [2.05, 4.69) is 19.6 Å². The van der Waals surface area contributed by atoms with Crippen molar-refractivity contribution in [1.82, 2.24) is 0 Å². The molecule has 0 unspecified atom stereocenters. The van der Waals surface area contributed by atoms with Gasteiger partial charge in [0.05, 0.1) is 7.11 Å². The fourth-order valence-electron chi connectivity index (χ4n) is 1.35. The number of nitrogens with two attached hydrogens (primary N) is 1. The average molecular weight is 269 g/mol. The zero-order chi connectivity index (χ0) is 13.6. The quantitative estimate of drug-likeness (QED) is 0.358. The van der Waals surface area contributed by atoms with Crippen molar-refractivity contribution < 1.29 is 14.2 Å². The van der Waals surface area contributed by atoms with E-state index in [0.29, 0.717) is 17.2 Å². The lowest BCUT2D eigenvalue weighted by Gasteiger charge is -2.16. The van der Waals surface area contributed by atoms with Crippen LogP contribution in [0, 0.1) is 0 Å². The Labute approximate surface area is 110 Å². The van der Waals surface area contributed by atoms with Crippen molar-refractivity contribution in [3.63, 3.8) is 0 Å². The van der Waals surface area contributed by atoms with Crippen molar-refractivity contribution >= 4 is 13.8 Å². The Balaban J connectivity index is 2.35. The largest absolute Gasteiger partial charge is 0.493 e. The molecule has 0 aromatic heterocycles. The molecule has 18 heavy (non-hydrogen) atoms. The third-order valence-electron chi connectivity index (χ3n) is 2.48. The SMILES string of the molecule is COc1cc(N)ccc1OCOCC[Si](C)(C)C. The number of nitrogen functional groups attached to an aromatic ring is 1. The highest BCUT2D eigenvalue weighted by molar-refractivity contribution is 6.76. The van der Waals surface area contributed by atoms with Gasteiger partial charge in [-0.05, 0) is 18.2 Å². The smallest absolute Gasteiger partial charge is 0.189 e. The number of methoxy groups -OCH3 is 1. The van der Waals surface area contributed by atoms with Gasteiger partial charge in [0, 0.05) is 26.4 Å². The van der Waals surface area contributed by atoms with E-state index < -0.39 is 8.07 Å². The van der Waals surface area contributed by atoms with Gasteiger partial charge in [0.15, 0.2) is 18.3 Å². The summed E-state index contributed by atoms with van der Waals surface area (Å²) in [5.41, 5.74) is 6.32. The minimum Gasteiger partial charge on any atom is -0.493 e. The number of hydrogen-bond donors (Lipinski definition) is 1. The molecule has 0 bridgehead atoms. The van der Waals surface area contributed by atoms with Crippen LogP contribution in [-0.2, 0) is 4.74 Å². The second kappa shape index (κ2) is 6.66. The lowest BCUT2D eigenvalue weighted by molar-refractivity contribution is 0.0206. The van der Waals surface area contributed by atoms with E-state index in [4.69, 9.17) is 19.9 Å². The number of anilines is 1. The maximum absolute atomic E-state index is 5.67. The van der Waals surface area contributed by atoms with Crippen LogP contribution in [0.5, 0.6) is 11.5 Å². The summed E-state index contributed by atoms with van der Waals surface area (Å²) in [5.74, 6) is 1.28. The van der Waals surface area contributed by atoms with Crippen LogP contribution in [0.3, 0.4) is 0 Å². The van der Waals surface area contributed by atoms with Crippen molar-refractivity contribution in [2.45, 2.75) is 25.7 Å². The Morgan fingerprint density at radius 1 is 1.17 bits per heavy atom. The molecule has 0 spiro atoms. The molecule has 1 aromatic rings. The molecule has 2 N–H and O–H groups in total. The van der Waals surface area contributed by atoms with E-state index in [1.807, 2.05) is 0 Å². The first kappa shape index (κ1) is 14.9. The Hall–Kier alpha value is -1.20. The Kier molecular flexibility index (Phi) is 5.49. The second-order valence-corrected chi connectivity index (χ2v) is 11.0. The van der Waals surface area contributed by atoms with Crippen LogP contribution >= 0.6 is 0 Å². The van der Waals surface area contributed by atoms with Gasteiger partial charge in [-0.1, -0.05) is 19.6 Å². The molecule has 0 amide bonds. The number of benzene rings is 1. The van der Waals surface area contributed by atoms with Gasteiger partial charge in [-0.3, -0.25) is 0 Å². The van der Waals surface area contributed by atoms with Crippen molar-refractivity contribution in [2.24, 2.45) is 0 Å². The maximum atomic E-state index is 5.67. The fourth-order valence-corrected chi connectivity index (χ4v) is 2.10. The van der Waals surface area contributed by atoms with Crippen molar-refractivity contribution in [1.29, 1.82) is 0 Å². The molecule has 0 aliphatic rings. The molecule has 0 atom stereocenters. The summed E-state index contributed by atoms with van der Waals surface area (Å²) in [4.78, 5) is 0. The molecule has 0 aliphatic heterocycles. The van der Waals surface area contributed by atoms with Gasteiger partial charge in [0.25, 0.3) is 0 Å². The summed E-state index contributed by atoms with van der Waals surface area (Å²) in [6, 6.07) is 6.43. The van der Waals surface area contributed by atoms with E-state index in [1.165, 1.54) is 0 Å². The van der Waals surface area contributed by atoms with E-state index in [0.717, 1.165) is 12.7 Å². The van der Waals surface area contributed by atoms with Crippen molar-refractivity contribution in [2.75, 3.05) is 26.2 Å². The number of ether oxygens (including phenoxy) is 3. The van der Waals surface area contributed by atoms with Gasteiger partial charge >= 0.3 is 0 Å². The van der Waals surface area contributed by atoms with Crippen LogP contribution in [-0.4, -0.2) is 28.6 Å². The molecule has 0 saturated heterocycles. The fraction of sp³-hybridized carbons (Fsp3) is 0.538. The van der Waals surface area contributed by atoms with Gasteiger partial charge in [-0.25, -0.2) is 0 Å². The van der Waals surface area contributed by atoms with Gasteiger partial charge in [-0.2, -0.15) is 0 Å². The van der Waals surface area contributed by atoms with E-state index in [9.17, 15) is 0 Å². The van der Waals surface area contributed by atoms with Crippen LogP contribution in [0.4, 0.5) is 5.69 Å². The van der Waals surface area contributed by atoms with Crippen molar-refractivity contribution in [3.05, 3.63) is 18.2 Å². The normalized spacial score (nSPS) is 11.3. The highest BCUT2D eigenvalue weighted by Crippen LogP contribution is 2.28. The summed E-state index contributed by atoms with van der Waals surface area (Å²) >= 11 is 0. The molecular weight excluding hydrogens is 246 g/mol. The number of rotatable bonds is 7. The molecule has 5 heteroatoms. The summed E-state index contributed by atoms with van der Waals surface area (Å²) in [6.07, 6.45) is 0. The van der Waals surface area contributed by atoms with E-state index in [1.54, 1.807) is 25.3 Å². The molecule has 4 nitrogen and oxygen atoms in total. The highest BCUT2D eigenvalue weighted by Gasteiger charge is 2.12. The standard InChI is InChI=1S/C13H23NO3Si/c1-15-13-9-11(14)5-6-12(13)17-10-16-7-8-18(2,3)4/h5-6,9H,7-8,10,14H2,1-4H3. The topological polar surface area (TPSA) is 53.7 Å². The summed E-state index contributed by atoms with van der Waals surface area (Å²) in [7, 11) is 0.557. The predicted octanol–water partition coefficient (Wildman–Crippen LogP) is 2.97. The Morgan fingerprint density at radius 2 is 1.89 bits per heavy atom. The third-order valence-corrected chi connectivity index (χ3v) is 4.19. The molecule has 0 saturated carbocycles. The van der Waals surface area contributed by atoms with Crippen LogP contribution in [0.1, 0.15) is 0 Å². The van der Waals surface area contributed by atoms with Gasteiger partial charge < -0.3 is 19.9 Å². The molecule has 1 aromatic carbocycles. The first-order chi connectivity index (χ1) is 8.42. The summed E-state index contributed by atoms with van der Waals surface area (Å²) in [6.45, 7) is 7.94. The van der Waals surface area contributed by atoms with Crippen LogP contribution in [0.15, 0.2) is 18.2 Å². The first-order valence-corrected chi connectivity index (χ1v) is 9.77. The first-order valence-electron chi connectivity index (χ1n) is 6.06. The molecule has 1 rings (SSSR count). The van der Waals surface area contributed by atoms with Crippen LogP contribution in [0.2, 0.25) is 25.7 Å². The van der Waals surface area contributed by atoms with Crippen LogP contribution in [0.25, 0.3) is 0 Å². The van der Waals surface area contributed by atoms with Gasteiger partial charge in [0.2, 0.25) is 0 Å². The lowest BCUT2D eigenvalue weighted by Crippen LogP contribution is -2.22. The van der Waals surface area contributed by atoms with E-state index in [-0.39, 0.29) is 6.79 Å². The number of hydrogen-bond acceptors (Lipinski definition) is 4. The lowest BCUT2D eigenvalue weighted by atomic mass is 10.3. The van der Waals surface area contributed by atoms with E-state index >= 15 is 0 Å². The molecule has 0 aliphatic carbocycles. The van der Waals surface area contributed by atoms with Crippen LogP contribution < -0.4 is 15.2 Å². The van der Waals surface area contributed by atoms with Gasteiger partial charge in [-0.15, -0.1) is 0 Å². The molecular formula is C13H23NO3Si. The molecule has 102 valence electrons. The molecule has 0 fully saturated rings. The Morgan fingerprint density at radius 3 is 2.50 bits per heavy atom. The van der Waals surface area contributed by atoms with Crippen molar-refractivity contribution in [3.8, 4) is 11.5 Å². The second-order valence-electron chi connectivity index (χ2n) is 5.39. The zero-order valence-corrected chi connectivity index (χ0v) is 12.7. The monoisotopic (exact) mass is 269 g/mol. The highest BCUT2D eigenvalue weighted by atomic mass is 28.3. The average Bonchev–Trinajstić information content (AvgIpc) is 2.28. The maximum Gasteiger partial charge on any atom is 0.189 e. The summed E-state index contributed by atoms with van der Waals surface area (Å²) < 4.78 is 16.2. The molecule has 0 heterocycles. The zero-order valence-electron chi connectivity index (χ0n) is 11.7.